The summed E-state index contributed by atoms with van der Waals surface area (Å²) < 4.78 is 5.15. The van der Waals surface area contributed by atoms with Crippen molar-refractivity contribution in [3.05, 3.63) is 63.2 Å². The summed E-state index contributed by atoms with van der Waals surface area (Å²) in [5, 5.41) is 14.2. The number of benzene rings is 2. The Morgan fingerprint density at radius 2 is 1.92 bits per heavy atom. The lowest BCUT2D eigenvalue weighted by Crippen LogP contribution is -2.75. The van der Waals surface area contributed by atoms with Crippen molar-refractivity contribution in [3.8, 4) is 0 Å². The minimum absolute atomic E-state index is 0.0307. The van der Waals surface area contributed by atoms with E-state index in [2.05, 4.69) is 5.32 Å². The van der Waals surface area contributed by atoms with Gasteiger partial charge in [-0.25, -0.2) is 14.5 Å². The number of non-ortho nitro benzene ring substituents is 1. The van der Waals surface area contributed by atoms with Gasteiger partial charge in [-0.1, -0.05) is 11.6 Å². The molecule has 1 N–H and O–H groups in total. The van der Waals surface area contributed by atoms with E-state index in [0.29, 0.717) is 16.3 Å². The molecular formula is C24H22ClN5O7. The number of piperazine rings is 1. The molecule has 0 aromatic heterocycles. The number of carbonyl (C=O) groups excluding carboxylic acids is 4. The number of amides is 5. The highest BCUT2D eigenvalue weighted by Crippen LogP contribution is 2.47. The number of nitrogens with one attached hydrogen (secondary N) is 1. The third-order valence-corrected chi connectivity index (χ3v) is 7.28. The van der Waals surface area contributed by atoms with Crippen molar-refractivity contribution in [2.75, 3.05) is 36.0 Å². The highest BCUT2D eigenvalue weighted by atomic mass is 35.5. The van der Waals surface area contributed by atoms with Gasteiger partial charge in [-0.05, 0) is 42.8 Å². The Hall–Kier alpha value is -4.19. The van der Waals surface area contributed by atoms with Crippen LogP contribution in [0.2, 0.25) is 5.02 Å². The number of halogens is 1. The van der Waals surface area contributed by atoms with Crippen LogP contribution in [0, 0.1) is 15.5 Å². The molecule has 5 amide bonds. The van der Waals surface area contributed by atoms with E-state index in [1.165, 1.54) is 41.3 Å². The molecule has 2 unspecified atom stereocenters. The second kappa shape index (κ2) is 9.04. The lowest BCUT2D eigenvalue weighted by Gasteiger charge is -2.55. The molecule has 2 aromatic rings. The Morgan fingerprint density at radius 1 is 1.19 bits per heavy atom. The topological polar surface area (TPSA) is 142 Å². The van der Waals surface area contributed by atoms with E-state index in [1.54, 1.807) is 13.0 Å². The molecule has 0 radical (unpaired) electrons. The van der Waals surface area contributed by atoms with E-state index in [4.69, 9.17) is 16.3 Å². The van der Waals surface area contributed by atoms with Crippen LogP contribution in [0.25, 0.3) is 0 Å². The summed E-state index contributed by atoms with van der Waals surface area (Å²) in [6.45, 7) is 2.28. The fourth-order valence-electron chi connectivity index (χ4n) is 5.33. The molecule has 2 aromatic carbocycles. The first-order chi connectivity index (χ1) is 17.7. The van der Waals surface area contributed by atoms with E-state index in [0.717, 1.165) is 4.90 Å². The molecule has 2 atom stereocenters. The summed E-state index contributed by atoms with van der Waals surface area (Å²) in [6, 6.07) is 8.48. The summed E-state index contributed by atoms with van der Waals surface area (Å²) in [7, 11) is 0. The van der Waals surface area contributed by atoms with Gasteiger partial charge in [-0.15, -0.1) is 0 Å². The maximum Gasteiger partial charge on any atom is 0.409 e. The SMILES string of the molecule is CCOC(=O)N1CCN2c3ccc([N+](=O)[O-])cc3CC3(C(=O)NC(=O)N(c4ccc(Cl)cc4)C3=O)C2C1. The van der Waals surface area contributed by atoms with Crippen molar-refractivity contribution < 1.29 is 28.8 Å². The number of fused-ring (bicyclic) bond motifs is 4. The van der Waals surface area contributed by atoms with Crippen LogP contribution in [-0.4, -0.2) is 66.0 Å². The van der Waals surface area contributed by atoms with Gasteiger partial charge in [0.05, 0.1) is 23.3 Å². The van der Waals surface area contributed by atoms with Gasteiger partial charge >= 0.3 is 12.1 Å². The lowest BCUT2D eigenvalue weighted by atomic mass is 9.67. The summed E-state index contributed by atoms with van der Waals surface area (Å²) >= 11 is 5.98. The molecule has 3 aliphatic heterocycles. The summed E-state index contributed by atoms with van der Waals surface area (Å²) in [5.41, 5.74) is -0.801. The van der Waals surface area contributed by atoms with Crippen molar-refractivity contribution in [2.24, 2.45) is 5.41 Å². The standard InChI is InChI=1S/C24H22ClN5O7/c1-2-37-23(34)27-9-10-28-18-8-7-17(30(35)36)11-14(18)12-24(19(28)13-27)20(31)26-22(33)29(21(24)32)16-5-3-15(25)4-6-16/h3-8,11,19H,2,9-10,12-13H2,1H3,(H,26,31,33). The summed E-state index contributed by atoms with van der Waals surface area (Å²) in [4.78, 5) is 68.3. The number of nitro benzene ring substituents is 1. The van der Waals surface area contributed by atoms with Crippen molar-refractivity contribution in [1.82, 2.24) is 10.2 Å². The molecule has 13 heteroatoms. The third-order valence-electron chi connectivity index (χ3n) is 7.03. The maximum absolute atomic E-state index is 14.2. The van der Waals surface area contributed by atoms with Gasteiger partial charge in [0.1, 0.15) is 0 Å². The maximum atomic E-state index is 14.2. The number of anilines is 2. The summed E-state index contributed by atoms with van der Waals surface area (Å²) in [6.07, 6.45) is -0.787. The van der Waals surface area contributed by atoms with Crippen LogP contribution in [0.5, 0.6) is 0 Å². The molecule has 192 valence electrons. The Balaban J connectivity index is 1.65. The Kier molecular flexibility index (Phi) is 5.98. The molecule has 2 saturated heterocycles. The van der Waals surface area contributed by atoms with Crippen LogP contribution < -0.4 is 15.1 Å². The molecule has 12 nitrogen and oxygen atoms in total. The number of hydrogen-bond donors (Lipinski definition) is 1. The lowest BCUT2D eigenvalue weighted by molar-refractivity contribution is -0.384. The number of hydrogen-bond acceptors (Lipinski definition) is 8. The van der Waals surface area contributed by atoms with Gasteiger partial charge in [0, 0.05) is 48.9 Å². The van der Waals surface area contributed by atoms with Crippen molar-refractivity contribution in [2.45, 2.75) is 19.4 Å². The van der Waals surface area contributed by atoms with E-state index < -0.39 is 40.3 Å². The predicted octanol–water partition coefficient (Wildman–Crippen LogP) is 2.72. The molecule has 0 aliphatic carbocycles. The summed E-state index contributed by atoms with van der Waals surface area (Å²) in [5.74, 6) is -1.62. The quantitative estimate of drug-likeness (QED) is 0.364. The van der Waals surface area contributed by atoms with Crippen LogP contribution in [0.1, 0.15) is 12.5 Å². The van der Waals surface area contributed by atoms with Crippen LogP contribution in [0.4, 0.5) is 26.7 Å². The fraction of sp³-hybridized carbons (Fsp3) is 0.333. The smallest absolute Gasteiger partial charge is 0.409 e. The van der Waals surface area contributed by atoms with Gasteiger partial charge in [0.25, 0.3) is 11.6 Å². The number of ether oxygens (including phenoxy) is 1. The van der Waals surface area contributed by atoms with E-state index in [9.17, 15) is 29.3 Å². The monoisotopic (exact) mass is 527 g/mol. The number of rotatable bonds is 3. The second-order valence-electron chi connectivity index (χ2n) is 8.95. The number of carbonyl (C=O) groups is 4. The molecular weight excluding hydrogens is 506 g/mol. The average Bonchev–Trinajstić information content (AvgIpc) is 2.87. The van der Waals surface area contributed by atoms with Gasteiger partial charge in [-0.3, -0.25) is 25.0 Å². The minimum Gasteiger partial charge on any atom is -0.450 e. The van der Waals surface area contributed by atoms with Crippen molar-refractivity contribution >= 4 is 52.6 Å². The average molecular weight is 528 g/mol. The highest BCUT2D eigenvalue weighted by Gasteiger charge is 2.63. The Labute approximate surface area is 215 Å². The zero-order chi connectivity index (χ0) is 26.5. The van der Waals surface area contributed by atoms with Crippen molar-refractivity contribution in [1.29, 1.82) is 0 Å². The molecule has 37 heavy (non-hydrogen) atoms. The van der Waals surface area contributed by atoms with Crippen LogP contribution in [-0.2, 0) is 20.7 Å². The molecule has 3 aliphatic rings. The molecule has 2 fully saturated rings. The first-order valence-electron chi connectivity index (χ1n) is 11.6. The number of barbiturate groups is 1. The van der Waals surface area contributed by atoms with Crippen LogP contribution in [0.15, 0.2) is 42.5 Å². The molecule has 3 heterocycles. The second-order valence-corrected chi connectivity index (χ2v) is 9.39. The first kappa shape index (κ1) is 24.5. The number of imide groups is 2. The van der Waals surface area contributed by atoms with E-state index in [-0.39, 0.29) is 44.0 Å². The zero-order valence-corrected chi connectivity index (χ0v) is 20.4. The predicted molar refractivity (Wildman–Crippen MR) is 131 cm³/mol. The van der Waals surface area contributed by atoms with E-state index >= 15 is 0 Å². The largest absolute Gasteiger partial charge is 0.450 e. The van der Waals surface area contributed by atoms with E-state index in [1.807, 2.05) is 4.90 Å². The van der Waals surface area contributed by atoms with Gasteiger partial charge in [0.15, 0.2) is 5.41 Å². The molecule has 1 spiro atoms. The van der Waals surface area contributed by atoms with Crippen LogP contribution in [0.3, 0.4) is 0 Å². The van der Waals surface area contributed by atoms with Gasteiger partial charge in [0.2, 0.25) is 5.91 Å². The molecule has 0 saturated carbocycles. The highest BCUT2D eigenvalue weighted by molar-refractivity contribution is 6.32. The normalized spacial score (nSPS) is 22.9. The van der Waals surface area contributed by atoms with Gasteiger partial charge in [-0.2, -0.15) is 0 Å². The third kappa shape index (κ3) is 3.84. The first-order valence-corrected chi connectivity index (χ1v) is 12.0. The number of nitrogens with zero attached hydrogens (tertiary/aromatic N) is 4. The number of nitro groups is 1. The Bertz CT molecular complexity index is 1330. The Morgan fingerprint density at radius 3 is 2.59 bits per heavy atom. The van der Waals surface area contributed by atoms with Crippen molar-refractivity contribution in [3.63, 3.8) is 0 Å². The minimum atomic E-state index is -1.86. The molecule has 5 rings (SSSR count). The fourth-order valence-corrected chi connectivity index (χ4v) is 5.45. The number of urea groups is 1. The zero-order valence-electron chi connectivity index (χ0n) is 19.7. The van der Waals surface area contributed by atoms with Crippen LogP contribution >= 0.6 is 11.6 Å². The molecule has 0 bridgehead atoms. The van der Waals surface area contributed by atoms with Gasteiger partial charge < -0.3 is 14.5 Å².